The van der Waals surface area contributed by atoms with Crippen LogP contribution in [0.15, 0.2) is 18.2 Å². The number of methoxy groups -OCH3 is 1. The lowest BCUT2D eigenvalue weighted by atomic mass is 10.0. The summed E-state index contributed by atoms with van der Waals surface area (Å²) in [4.78, 5) is 13.1. The number of likely N-dealkylation sites (N-methyl/N-ethyl adjacent to an activating group) is 1. The van der Waals surface area contributed by atoms with Crippen molar-refractivity contribution in [3.63, 3.8) is 0 Å². The monoisotopic (exact) mass is 255 g/mol. The number of hydrogen-bond donors (Lipinski definition) is 3. The van der Waals surface area contributed by atoms with E-state index < -0.39 is 18.1 Å². The van der Waals surface area contributed by atoms with E-state index in [4.69, 9.17) is 0 Å². The lowest BCUT2D eigenvalue weighted by Crippen LogP contribution is -2.41. The Labute approximate surface area is 105 Å². The Morgan fingerprint density at radius 1 is 1.28 bits per heavy atom. The average molecular weight is 255 g/mol. The summed E-state index contributed by atoms with van der Waals surface area (Å²) in [5.74, 6) is -1.22. The van der Waals surface area contributed by atoms with Crippen LogP contribution in [0.2, 0.25) is 0 Å². The Bertz CT molecular complexity index is 432. The molecular weight excluding hydrogens is 238 g/mol. The molecule has 0 aliphatic heterocycles. The highest BCUT2D eigenvalue weighted by atomic mass is 16.5. The minimum Gasteiger partial charge on any atom is -0.504 e. The van der Waals surface area contributed by atoms with Crippen molar-refractivity contribution in [3.05, 3.63) is 23.8 Å². The molecule has 1 aromatic carbocycles. The number of esters is 1. The largest absolute Gasteiger partial charge is 0.504 e. The molecule has 0 bridgehead atoms. The van der Waals surface area contributed by atoms with E-state index in [9.17, 15) is 20.1 Å². The highest BCUT2D eigenvalue weighted by Gasteiger charge is 2.31. The molecule has 0 aliphatic carbocycles. The fourth-order valence-electron chi connectivity index (χ4n) is 1.65. The zero-order chi connectivity index (χ0) is 13.9. The van der Waals surface area contributed by atoms with Crippen molar-refractivity contribution in [2.75, 3.05) is 21.2 Å². The molecule has 0 fully saturated rings. The highest BCUT2D eigenvalue weighted by Crippen LogP contribution is 2.30. The van der Waals surface area contributed by atoms with Gasteiger partial charge in [0.25, 0.3) is 0 Å². The molecule has 0 aliphatic rings. The zero-order valence-electron chi connectivity index (χ0n) is 10.5. The minimum absolute atomic E-state index is 0.287. The van der Waals surface area contributed by atoms with Gasteiger partial charge in [-0.05, 0) is 31.8 Å². The van der Waals surface area contributed by atoms with Gasteiger partial charge < -0.3 is 20.1 Å². The first kappa shape index (κ1) is 14.3. The molecule has 2 atom stereocenters. The van der Waals surface area contributed by atoms with E-state index >= 15 is 0 Å². The quantitative estimate of drug-likeness (QED) is 0.527. The summed E-state index contributed by atoms with van der Waals surface area (Å²) in [5.41, 5.74) is 0.314. The van der Waals surface area contributed by atoms with Crippen LogP contribution in [-0.2, 0) is 9.53 Å². The van der Waals surface area contributed by atoms with Gasteiger partial charge >= 0.3 is 5.97 Å². The van der Waals surface area contributed by atoms with Gasteiger partial charge in [0, 0.05) is 0 Å². The summed E-state index contributed by atoms with van der Waals surface area (Å²) in [7, 11) is 4.50. The van der Waals surface area contributed by atoms with Gasteiger partial charge in [-0.1, -0.05) is 6.07 Å². The number of carbonyl (C=O) groups is 1. The Balaban J connectivity index is 3.05. The summed E-state index contributed by atoms with van der Waals surface area (Å²) in [6.45, 7) is 0. The van der Waals surface area contributed by atoms with Crippen LogP contribution in [0.5, 0.6) is 11.5 Å². The van der Waals surface area contributed by atoms with Crippen LogP contribution < -0.4 is 0 Å². The summed E-state index contributed by atoms with van der Waals surface area (Å²) in [6.07, 6.45) is -1.17. The first-order valence-electron chi connectivity index (χ1n) is 5.32. The van der Waals surface area contributed by atoms with Crippen LogP contribution in [0.1, 0.15) is 11.7 Å². The maximum atomic E-state index is 11.6. The molecule has 0 aromatic heterocycles. The van der Waals surface area contributed by atoms with Gasteiger partial charge in [0.1, 0.15) is 12.1 Å². The third kappa shape index (κ3) is 2.91. The molecular formula is C12H17NO5. The molecule has 100 valence electrons. The van der Waals surface area contributed by atoms with Gasteiger partial charge in [-0.3, -0.25) is 9.69 Å². The second kappa shape index (κ2) is 5.70. The van der Waals surface area contributed by atoms with Crippen LogP contribution in [0.3, 0.4) is 0 Å². The van der Waals surface area contributed by atoms with Gasteiger partial charge in [-0.15, -0.1) is 0 Å². The molecule has 0 amide bonds. The van der Waals surface area contributed by atoms with Crippen LogP contribution in [-0.4, -0.2) is 53.4 Å². The van der Waals surface area contributed by atoms with Crippen molar-refractivity contribution in [1.82, 2.24) is 4.90 Å². The standard InChI is InChI=1S/C12H17NO5/c1-13(2)10(12(17)18-3)11(16)7-4-5-8(14)9(15)6-7/h4-6,10-11,14-16H,1-3H3/t10-,11?/m0/s1. The Hall–Kier alpha value is -1.79. The van der Waals surface area contributed by atoms with E-state index in [0.717, 1.165) is 0 Å². The number of ether oxygens (including phenoxy) is 1. The maximum Gasteiger partial charge on any atom is 0.326 e. The second-order valence-electron chi connectivity index (χ2n) is 4.12. The highest BCUT2D eigenvalue weighted by molar-refractivity contribution is 5.76. The molecule has 0 saturated carbocycles. The van der Waals surface area contributed by atoms with Gasteiger partial charge in [0.2, 0.25) is 0 Å². The van der Waals surface area contributed by atoms with Crippen molar-refractivity contribution in [2.45, 2.75) is 12.1 Å². The van der Waals surface area contributed by atoms with E-state index in [1.54, 1.807) is 14.1 Å². The smallest absolute Gasteiger partial charge is 0.326 e. The van der Waals surface area contributed by atoms with Crippen molar-refractivity contribution < 1.29 is 24.9 Å². The third-order valence-corrected chi connectivity index (χ3v) is 2.64. The van der Waals surface area contributed by atoms with Gasteiger partial charge in [0.05, 0.1) is 7.11 Å². The SMILES string of the molecule is COC(=O)[C@H](C(O)c1ccc(O)c(O)c1)N(C)C. The molecule has 0 radical (unpaired) electrons. The number of hydrogen-bond acceptors (Lipinski definition) is 6. The van der Waals surface area contributed by atoms with Crippen LogP contribution in [0.4, 0.5) is 0 Å². The van der Waals surface area contributed by atoms with Crippen LogP contribution in [0, 0.1) is 0 Å². The molecule has 6 nitrogen and oxygen atoms in total. The Morgan fingerprint density at radius 3 is 2.33 bits per heavy atom. The molecule has 1 rings (SSSR count). The predicted octanol–water partition coefficient (Wildman–Crippen LogP) is 0.234. The maximum absolute atomic E-state index is 11.6. The summed E-state index contributed by atoms with van der Waals surface area (Å²) in [5, 5.41) is 28.7. The number of carbonyl (C=O) groups excluding carboxylic acids is 1. The van der Waals surface area contributed by atoms with E-state index in [0.29, 0.717) is 5.56 Å². The average Bonchev–Trinajstić information content (AvgIpc) is 2.32. The van der Waals surface area contributed by atoms with Crippen molar-refractivity contribution in [1.29, 1.82) is 0 Å². The number of aliphatic hydroxyl groups is 1. The number of nitrogens with zero attached hydrogens (tertiary/aromatic N) is 1. The molecule has 0 saturated heterocycles. The molecule has 0 heterocycles. The molecule has 6 heteroatoms. The number of aromatic hydroxyl groups is 2. The molecule has 0 spiro atoms. The van der Waals surface area contributed by atoms with Crippen molar-refractivity contribution >= 4 is 5.97 Å². The van der Waals surface area contributed by atoms with E-state index in [1.807, 2.05) is 0 Å². The summed E-state index contributed by atoms with van der Waals surface area (Å²) >= 11 is 0. The molecule has 18 heavy (non-hydrogen) atoms. The van der Waals surface area contributed by atoms with Gasteiger partial charge in [-0.2, -0.15) is 0 Å². The Kier molecular flexibility index (Phi) is 4.52. The predicted molar refractivity (Wildman–Crippen MR) is 64.2 cm³/mol. The lowest BCUT2D eigenvalue weighted by Gasteiger charge is -2.26. The van der Waals surface area contributed by atoms with Gasteiger partial charge in [0.15, 0.2) is 11.5 Å². The fourth-order valence-corrected chi connectivity index (χ4v) is 1.65. The zero-order valence-corrected chi connectivity index (χ0v) is 10.5. The lowest BCUT2D eigenvalue weighted by molar-refractivity contribution is -0.150. The number of benzene rings is 1. The number of aliphatic hydroxyl groups excluding tert-OH is 1. The number of phenols is 2. The molecule has 1 aromatic rings. The van der Waals surface area contributed by atoms with Crippen LogP contribution >= 0.6 is 0 Å². The fraction of sp³-hybridized carbons (Fsp3) is 0.417. The second-order valence-corrected chi connectivity index (χ2v) is 4.12. The van der Waals surface area contributed by atoms with Crippen molar-refractivity contribution in [2.24, 2.45) is 0 Å². The normalized spacial score (nSPS) is 14.3. The molecule has 1 unspecified atom stereocenters. The third-order valence-electron chi connectivity index (χ3n) is 2.64. The van der Waals surface area contributed by atoms with E-state index in [-0.39, 0.29) is 11.5 Å². The Morgan fingerprint density at radius 2 is 1.89 bits per heavy atom. The van der Waals surface area contributed by atoms with E-state index in [1.165, 1.54) is 30.2 Å². The minimum atomic E-state index is -1.17. The number of rotatable bonds is 4. The summed E-state index contributed by atoms with van der Waals surface area (Å²) < 4.78 is 4.62. The van der Waals surface area contributed by atoms with Gasteiger partial charge in [-0.25, -0.2) is 0 Å². The summed E-state index contributed by atoms with van der Waals surface area (Å²) in [6, 6.07) is 3.00. The van der Waals surface area contributed by atoms with Crippen LogP contribution in [0.25, 0.3) is 0 Å². The topological polar surface area (TPSA) is 90.2 Å². The number of phenolic OH excluding ortho intramolecular Hbond substituents is 2. The van der Waals surface area contributed by atoms with E-state index in [2.05, 4.69) is 4.74 Å². The first-order valence-corrected chi connectivity index (χ1v) is 5.32. The molecule has 3 N–H and O–H groups in total. The van der Waals surface area contributed by atoms with Crippen molar-refractivity contribution in [3.8, 4) is 11.5 Å². The first-order chi connectivity index (χ1) is 8.38.